The Morgan fingerprint density at radius 2 is 1.55 bits per heavy atom. The number of aryl methyl sites for hydroxylation is 1. The van der Waals surface area contributed by atoms with Crippen molar-refractivity contribution in [1.29, 1.82) is 0 Å². The molecule has 8 nitrogen and oxygen atoms in total. The van der Waals surface area contributed by atoms with Gasteiger partial charge in [-0.2, -0.15) is 0 Å². The number of fused-ring (bicyclic) bond motifs is 2. The SMILES string of the molecule is CCc1ccccc1N(CC)c1ccc2c(-c3ccc(S(=O)(=O)Cl)cc3S(=O)(=O)[O-])c3ccc(=[N+](CC)CC)cc-3oc2c1. The fourth-order valence-electron chi connectivity index (χ4n) is 5.74. The molecule has 0 radical (unpaired) electrons. The summed E-state index contributed by atoms with van der Waals surface area (Å²) < 4.78 is 70.5. The van der Waals surface area contributed by atoms with Gasteiger partial charge in [0.2, 0.25) is 5.36 Å². The lowest BCUT2D eigenvalue weighted by molar-refractivity contribution is 0.463. The Morgan fingerprint density at radius 1 is 0.841 bits per heavy atom. The molecule has 0 atom stereocenters. The number of para-hydroxylation sites is 1. The molecule has 3 aromatic rings. The van der Waals surface area contributed by atoms with Crippen LogP contribution in [0.4, 0.5) is 11.4 Å². The van der Waals surface area contributed by atoms with Crippen LogP contribution in [0.15, 0.2) is 93.1 Å². The monoisotopic (exact) mass is 652 g/mol. The fraction of sp³-hybridized carbons (Fsp3) is 0.242. The van der Waals surface area contributed by atoms with E-state index < -0.39 is 29.0 Å². The highest BCUT2D eigenvalue weighted by molar-refractivity contribution is 8.13. The predicted octanol–water partition coefficient (Wildman–Crippen LogP) is 6.57. The highest BCUT2D eigenvalue weighted by Crippen LogP contribution is 2.44. The van der Waals surface area contributed by atoms with Crippen molar-refractivity contribution < 1.29 is 25.8 Å². The van der Waals surface area contributed by atoms with Crippen LogP contribution in [0.5, 0.6) is 0 Å². The van der Waals surface area contributed by atoms with Crippen LogP contribution in [0.2, 0.25) is 0 Å². The molecule has 1 aliphatic carbocycles. The van der Waals surface area contributed by atoms with Gasteiger partial charge in [0.05, 0.1) is 15.9 Å². The maximum atomic E-state index is 12.6. The maximum absolute atomic E-state index is 12.6. The third kappa shape index (κ3) is 5.99. The number of nitrogens with zero attached hydrogens (tertiary/aromatic N) is 2. The van der Waals surface area contributed by atoms with Gasteiger partial charge >= 0.3 is 0 Å². The molecule has 3 aromatic carbocycles. The Hall–Kier alpha value is -3.70. The second-order valence-corrected chi connectivity index (χ2v) is 14.2. The van der Waals surface area contributed by atoms with Crippen molar-refractivity contribution in [2.24, 2.45) is 0 Å². The minimum Gasteiger partial charge on any atom is -0.744 e. The second-order valence-electron chi connectivity index (χ2n) is 10.3. The highest BCUT2D eigenvalue weighted by Gasteiger charge is 2.25. The van der Waals surface area contributed by atoms with E-state index in [1.807, 2.05) is 62.4 Å². The van der Waals surface area contributed by atoms with Gasteiger partial charge in [0.15, 0.2) is 0 Å². The topological polar surface area (TPSA) is 111 Å². The Bertz CT molecular complexity index is 2130. The average Bonchev–Trinajstić information content (AvgIpc) is 3.00. The number of anilines is 2. The summed E-state index contributed by atoms with van der Waals surface area (Å²) in [5.41, 5.74) is 4.66. The number of benzene rings is 4. The summed E-state index contributed by atoms with van der Waals surface area (Å²) in [6.07, 6.45) is 0.855. The number of hydrogen-bond donors (Lipinski definition) is 0. The van der Waals surface area contributed by atoms with Crippen LogP contribution in [0, 0.1) is 0 Å². The molecule has 0 spiro atoms. The average molecular weight is 653 g/mol. The van der Waals surface area contributed by atoms with Gasteiger partial charge in [-0.05, 0) is 69.2 Å². The van der Waals surface area contributed by atoms with Crippen LogP contribution in [-0.2, 0) is 25.6 Å². The molecule has 2 aliphatic rings. The van der Waals surface area contributed by atoms with E-state index in [1.165, 1.54) is 17.7 Å². The molecule has 0 N–H and O–H groups in total. The molecule has 230 valence electrons. The van der Waals surface area contributed by atoms with Gasteiger partial charge in [0, 0.05) is 62.8 Å². The summed E-state index contributed by atoms with van der Waals surface area (Å²) in [6, 6.07) is 22.8. The largest absolute Gasteiger partial charge is 0.744 e. The summed E-state index contributed by atoms with van der Waals surface area (Å²) in [7, 11) is -3.89. The minimum absolute atomic E-state index is 0.0573. The summed E-state index contributed by atoms with van der Waals surface area (Å²) in [5, 5.41) is 1.48. The first kappa shape index (κ1) is 31.7. The van der Waals surface area contributed by atoms with Crippen LogP contribution >= 0.6 is 10.7 Å². The van der Waals surface area contributed by atoms with Crippen molar-refractivity contribution in [3.63, 3.8) is 0 Å². The van der Waals surface area contributed by atoms with Gasteiger partial charge in [-0.1, -0.05) is 31.2 Å². The van der Waals surface area contributed by atoms with Crippen molar-refractivity contribution in [2.45, 2.75) is 43.9 Å². The van der Waals surface area contributed by atoms with E-state index in [0.717, 1.165) is 42.3 Å². The van der Waals surface area contributed by atoms with Gasteiger partial charge in [0.1, 0.15) is 34.6 Å². The standard InChI is InChI=1S/C33H33ClN2O6S2/c1-5-22-11-9-10-12-29(22)36(8-4)24-14-17-27-31(20-24)42-30-19-23(35(6-2)7-3)13-16-26(30)33(27)28-18-15-25(43(34,37)38)21-32(28)44(39,40)41/h9-21H,5-8H2,1-4H3. The van der Waals surface area contributed by atoms with Crippen LogP contribution in [0.1, 0.15) is 33.3 Å². The van der Waals surface area contributed by atoms with Crippen LogP contribution in [-0.4, -0.2) is 41.0 Å². The van der Waals surface area contributed by atoms with E-state index in [1.54, 1.807) is 0 Å². The van der Waals surface area contributed by atoms with Crippen molar-refractivity contribution in [3.05, 3.63) is 89.8 Å². The van der Waals surface area contributed by atoms with E-state index >= 15 is 0 Å². The first-order chi connectivity index (χ1) is 20.9. The predicted molar refractivity (Wildman–Crippen MR) is 174 cm³/mol. The zero-order valence-corrected chi connectivity index (χ0v) is 27.3. The normalized spacial score (nSPS) is 12.1. The molecule has 0 amide bonds. The Balaban J connectivity index is 1.89. The number of rotatable bonds is 9. The smallest absolute Gasteiger partial charge is 0.261 e. The summed E-state index contributed by atoms with van der Waals surface area (Å²) >= 11 is 0. The lowest BCUT2D eigenvalue weighted by atomic mass is 9.93. The molecule has 0 saturated carbocycles. The lowest BCUT2D eigenvalue weighted by Gasteiger charge is -2.26. The minimum atomic E-state index is -5.12. The van der Waals surface area contributed by atoms with E-state index in [4.69, 9.17) is 15.1 Å². The molecule has 0 saturated heterocycles. The quantitative estimate of drug-likeness (QED) is 0.0767. The van der Waals surface area contributed by atoms with Crippen molar-refractivity contribution >= 4 is 52.2 Å². The molecule has 0 bridgehead atoms. The van der Waals surface area contributed by atoms with Crippen LogP contribution in [0.3, 0.4) is 0 Å². The third-order valence-corrected chi connectivity index (χ3v) is 10.1. The lowest BCUT2D eigenvalue weighted by Crippen LogP contribution is -2.29. The van der Waals surface area contributed by atoms with E-state index in [2.05, 4.69) is 35.5 Å². The fourth-order valence-corrected chi connectivity index (χ4v) is 7.31. The molecule has 44 heavy (non-hydrogen) atoms. The second kappa shape index (κ2) is 12.4. The number of hydrogen-bond acceptors (Lipinski definition) is 7. The molecular formula is C33H33ClN2O6S2. The van der Waals surface area contributed by atoms with Gasteiger partial charge in [0.25, 0.3) is 9.05 Å². The van der Waals surface area contributed by atoms with E-state index in [0.29, 0.717) is 34.4 Å². The zero-order valence-electron chi connectivity index (χ0n) is 24.9. The maximum Gasteiger partial charge on any atom is 0.261 e. The molecule has 5 rings (SSSR count). The first-order valence-electron chi connectivity index (χ1n) is 14.4. The van der Waals surface area contributed by atoms with Gasteiger partial charge < -0.3 is 13.9 Å². The molecule has 0 aromatic heterocycles. The summed E-state index contributed by atoms with van der Waals surface area (Å²) in [4.78, 5) is 1.01. The van der Waals surface area contributed by atoms with Crippen molar-refractivity contribution in [2.75, 3.05) is 24.5 Å². The van der Waals surface area contributed by atoms with E-state index in [-0.39, 0.29) is 5.56 Å². The molecule has 1 heterocycles. The Labute approximate surface area is 262 Å². The number of halogens is 1. The Morgan fingerprint density at radius 3 is 2.18 bits per heavy atom. The zero-order chi connectivity index (χ0) is 31.8. The third-order valence-electron chi connectivity index (χ3n) is 7.88. The van der Waals surface area contributed by atoms with Gasteiger partial charge in [-0.15, -0.1) is 0 Å². The summed E-state index contributed by atoms with van der Waals surface area (Å²) in [6.45, 7) is 10.5. The van der Waals surface area contributed by atoms with Crippen LogP contribution in [0.25, 0.3) is 33.4 Å². The van der Waals surface area contributed by atoms with Crippen molar-refractivity contribution in [1.82, 2.24) is 4.58 Å². The first-order valence-corrected chi connectivity index (χ1v) is 18.1. The van der Waals surface area contributed by atoms with Gasteiger partial charge in [-0.25, -0.2) is 21.4 Å². The summed E-state index contributed by atoms with van der Waals surface area (Å²) in [5.74, 6) is 0.481. The van der Waals surface area contributed by atoms with Gasteiger partial charge in [-0.3, -0.25) is 0 Å². The Kier molecular flexibility index (Phi) is 8.91. The van der Waals surface area contributed by atoms with E-state index in [9.17, 15) is 21.4 Å². The van der Waals surface area contributed by atoms with Crippen molar-refractivity contribution in [3.8, 4) is 22.5 Å². The molecule has 1 aliphatic heterocycles. The molecule has 0 fully saturated rings. The molecular weight excluding hydrogens is 620 g/mol. The molecule has 11 heteroatoms. The van der Waals surface area contributed by atoms with Crippen LogP contribution < -0.4 is 14.8 Å². The highest BCUT2D eigenvalue weighted by atomic mass is 35.7. The molecule has 0 unspecified atom stereocenters.